The number of aliphatic hydroxyl groups is 4. The van der Waals surface area contributed by atoms with E-state index in [9.17, 15) is 67.4 Å². The second kappa shape index (κ2) is 18.6. The lowest BCUT2D eigenvalue weighted by molar-refractivity contribution is -0.0503. The van der Waals surface area contributed by atoms with Gasteiger partial charge in [0.25, 0.3) is 0 Å². The number of hydrogen-bond donors (Lipinski definition) is 12. The first kappa shape index (κ1) is 49.8. The van der Waals surface area contributed by atoms with Gasteiger partial charge in [-0.3, -0.25) is 18.2 Å². The predicted molar refractivity (Wildman–Crippen MR) is 194 cm³/mol. The SMILES string of the molecule is O=P(O)(O)OP(=O)(O)OP(=O)(O)OC[C@H]1O[C@@H](n2cnc3c(SSc4ncnc5c4ncn5[C@@H]4O[C@H](COP(=O)(O)OP(=O)(O)OP(=O)(O)O)[C@@H](O)[C@H]4O)ncnc32)[C@H](O)[C@@H]1O. The van der Waals surface area contributed by atoms with Crippen LogP contribution < -0.4 is 0 Å². The molecule has 4 aromatic heterocycles. The Kier molecular flexibility index (Phi) is 14.9. The van der Waals surface area contributed by atoms with Gasteiger partial charge >= 0.3 is 46.9 Å². The lowest BCUT2D eigenvalue weighted by atomic mass is 10.1. The molecule has 0 spiro atoms. The molecule has 0 amide bonds. The zero-order chi connectivity index (χ0) is 45.8. The van der Waals surface area contributed by atoms with E-state index in [0.717, 1.165) is 56.0 Å². The summed E-state index contributed by atoms with van der Waals surface area (Å²) in [4.78, 5) is 98.0. The largest absolute Gasteiger partial charge is 0.490 e. The number of imidazole rings is 2. The number of rotatable bonds is 19. The molecule has 6 rings (SSSR count). The van der Waals surface area contributed by atoms with Crippen LogP contribution in [0.15, 0.2) is 35.4 Å². The van der Waals surface area contributed by atoms with Crippen LogP contribution in [0.5, 0.6) is 0 Å². The Balaban J connectivity index is 1.10. The summed E-state index contributed by atoms with van der Waals surface area (Å²) in [6.07, 6.45) is -8.92. The summed E-state index contributed by atoms with van der Waals surface area (Å²) in [6, 6.07) is 0. The van der Waals surface area contributed by atoms with Gasteiger partial charge in [0.2, 0.25) is 0 Å². The Hall–Kier alpha value is -1.62. The van der Waals surface area contributed by atoms with E-state index in [1.54, 1.807) is 0 Å². The van der Waals surface area contributed by atoms with Gasteiger partial charge in [-0.2, -0.15) is 17.2 Å². The second-order valence-electron chi connectivity index (χ2n) is 12.0. The molecule has 0 radical (unpaired) electrons. The zero-order valence-electron chi connectivity index (χ0n) is 29.5. The van der Waals surface area contributed by atoms with Crippen LogP contribution in [0.4, 0.5) is 0 Å². The number of aliphatic hydroxyl groups excluding tert-OH is 4. The highest BCUT2D eigenvalue weighted by Gasteiger charge is 2.49. The standard InChI is InChI=1S/C20H28N8O26P6S2/c29-11-7(1-47-57(39,40)53-59(43,44)51-55(33,34)35)49-19(13(11)31)27-5-25-9-15(27)21-3-23-17(9)61-62-18-10-16(22-4-24-18)28(6-26-10)20-14(32)12(30)8(50-20)2-48-58(41,42)54-60(45,46)52-56(36,37)38/h3-8,11-14,19-20,29-32H,1-2H2,(H,39,40)(H,41,42)(H,43,44)(H,45,46)(H2,33,34,35)(H2,36,37,38)/t7-,8-,11-,12-,13-,14-,19-,20-/m1/s1. The number of phosphoric acid groups is 6. The Bertz CT molecular complexity index is 2420. The van der Waals surface area contributed by atoms with E-state index < -0.39 is 109 Å². The number of ether oxygens (including phenoxy) is 2. The van der Waals surface area contributed by atoms with Crippen LogP contribution in [-0.2, 0) is 63.2 Å². The zero-order valence-corrected chi connectivity index (χ0v) is 36.5. The van der Waals surface area contributed by atoms with Crippen molar-refractivity contribution in [3.8, 4) is 0 Å². The van der Waals surface area contributed by atoms with Crippen LogP contribution in [0.25, 0.3) is 22.3 Å². The first-order chi connectivity index (χ1) is 28.5. The summed E-state index contributed by atoms with van der Waals surface area (Å²) in [5.74, 6) is 0. The maximum Gasteiger partial charge on any atom is 0.490 e. The third-order valence-electron chi connectivity index (χ3n) is 7.71. The lowest BCUT2D eigenvalue weighted by Crippen LogP contribution is -2.33. The monoisotopic (exact) mass is 1050 g/mol. The highest BCUT2D eigenvalue weighted by Crippen LogP contribution is 2.67. The number of fused-ring (bicyclic) bond motifs is 2. The number of nitrogens with zero attached hydrogens (tertiary/aromatic N) is 8. The van der Waals surface area contributed by atoms with Gasteiger partial charge in [-0.1, -0.05) is 0 Å². The molecule has 62 heavy (non-hydrogen) atoms. The molecule has 0 aromatic carbocycles. The molecule has 0 saturated carbocycles. The number of aromatic nitrogens is 8. The smallest absolute Gasteiger partial charge is 0.387 e. The Labute approximate surface area is 349 Å². The van der Waals surface area contributed by atoms with Crippen LogP contribution >= 0.6 is 68.5 Å². The molecule has 2 fully saturated rings. The van der Waals surface area contributed by atoms with Crippen molar-refractivity contribution in [2.24, 2.45) is 0 Å². The fraction of sp³-hybridized carbons (Fsp3) is 0.500. The molecule has 34 nitrogen and oxygen atoms in total. The third kappa shape index (κ3) is 12.2. The van der Waals surface area contributed by atoms with Crippen molar-refractivity contribution in [3.63, 3.8) is 0 Å². The van der Waals surface area contributed by atoms with Crippen LogP contribution in [0.1, 0.15) is 12.5 Å². The van der Waals surface area contributed by atoms with E-state index in [-0.39, 0.29) is 32.4 Å². The quantitative estimate of drug-likeness (QED) is 0.0295. The van der Waals surface area contributed by atoms with Crippen molar-refractivity contribution in [2.45, 2.75) is 59.1 Å². The van der Waals surface area contributed by atoms with Gasteiger partial charge in [0.15, 0.2) is 23.8 Å². The molecule has 42 heteroatoms. The maximum atomic E-state index is 12.1. The van der Waals surface area contributed by atoms with Gasteiger partial charge in [0, 0.05) is 0 Å². The van der Waals surface area contributed by atoms with Crippen molar-refractivity contribution in [1.82, 2.24) is 39.0 Å². The molecule has 0 bridgehead atoms. The average Bonchev–Trinajstić information content (AvgIpc) is 3.87. The minimum absolute atomic E-state index is 0.0263. The third-order valence-corrected chi connectivity index (χ3v) is 17.5. The molecule has 0 aliphatic carbocycles. The molecule has 2 saturated heterocycles. The van der Waals surface area contributed by atoms with E-state index in [4.69, 9.17) is 29.0 Å². The topological polar surface area (TPSA) is 506 Å². The highest BCUT2D eigenvalue weighted by atomic mass is 33.1. The Morgan fingerprint density at radius 1 is 0.516 bits per heavy atom. The fourth-order valence-electron chi connectivity index (χ4n) is 5.37. The summed E-state index contributed by atoms with van der Waals surface area (Å²) in [5, 5.41) is 43.0. The molecule has 4 unspecified atom stereocenters. The minimum atomic E-state index is -5.84. The molecule has 2 aliphatic heterocycles. The fourth-order valence-corrected chi connectivity index (χ4v) is 13.4. The van der Waals surface area contributed by atoms with Crippen LogP contribution in [0, 0.1) is 0 Å². The molecule has 12 N–H and O–H groups in total. The number of phosphoric ester groups is 2. The van der Waals surface area contributed by atoms with Gasteiger partial charge in [0.1, 0.15) is 70.4 Å². The Morgan fingerprint density at radius 2 is 0.871 bits per heavy atom. The molecule has 2 aliphatic rings. The normalized spacial score (nSPS) is 28.8. The predicted octanol–water partition coefficient (Wildman–Crippen LogP) is -1.31. The van der Waals surface area contributed by atoms with Crippen molar-refractivity contribution in [1.29, 1.82) is 0 Å². The van der Waals surface area contributed by atoms with E-state index in [2.05, 4.69) is 56.2 Å². The van der Waals surface area contributed by atoms with Crippen molar-refractivity contribution >= 4 is 90.9 Å². The summed E-state index contributed by atoms with van der Waals surface area (Å²) in [6.45, 7) is -2.16. The van der Waals surface area contributed by atoms with Gasteiger partial charge < -0.3 is 69.0 Å². The highest BCUT2D eigenvalue weighted by molar-refractivity contribution is 8.76. The first-order valence-electron chi connectivity index (χ1n) is 15.8. The number of hydrogen-bond acceptors (Lipinski definition) is 26. The minimum Gasteiger partial charge on any atom is -0.387 e. The molecule has 12 atom stereocenters. The first-order valence-corrected chi connectivity index (χ1v) is 27.0. The summed E-state index contributed by atoms with van der Waals surface area (Å²) >= 11 is 0. The van der Waals surface area contributed by atoms with Crippen LogP contribution in [0.3, 0.4) is 0 Å². The second-order valence-corrected chi connectivity index (χ2v) is 23.0. The van der Waals surface area contributed by atoms with Gasteiger partial charge in [0.05, 0.1) is 25.9 Å². The maximum absolute atomic E-state index is 12.1. The van der Waals surface area contributed by atoms with Gasteiger partial charge in [-0.25, -0.2) is 57.3 Å². The molecule has 6 heterocycles. The summed E-state index contributed by atoms with van der Waals surface area (Å²) in [5.41, 5.74) is 0.278. The van der Waals surface area contributed by atoms with E-state index >= 15 is 0 Å². The van der Waals surface area contributed by atoms with E-state index in [1.165, 1.54) is 0 Å². The summed E-state index contributed by atoms with van der Waals surface area (Å²) in [7, 11) is -32.3. The lowest BCUT2D eigenvalue weighted by Gasteiger charge is -2.19. The van der Waals surface area contributed by atoms with Crippen molar-refractivity contribution in [3.05, 3.63) is 25.3 Å². The molecular weight excluding hydrogens is 1020 g/mol. The van der Waals surface area contributed by atoms with Gasteiger partial charge in [-0.15, -0.1) is 0 Å². The van der Waals surface area contributed by atoms with E-state index in [1.807, 2.05) is 0 Å². The van der Waals surface area contributed by atoms with E-state index in [0.29, 0.717) is 0 Å². The average molecular weight is 1050 g/mol. The van der Waals surface area contributed by atoms with Gasteiger partial charge in [-0.05, 0) is 21.6 Å². The van der Waals surface area contributed by atoms with Crippen LogP contribution in [0.2, 0.25) is 0 Å². The van der Waals surface area contributed by atoms with Crippen LogP contribution in [-0.4, -0.2) is 148 Å². The summed E-state index contributed by atoms with van der Waals surface area (Å²) < 4.78 is 106. The van der Waals surface area contributed by atoms with Crippen molar-refractivity contribution in [2.75, 3.05) is 13.2 Å². The molecule has 346 valence electrons. The molecule has 4 aromatic rings. The Morgan fingerprint density at radius 3 is 1.21 bits per heavy atom. The molecular formula is C20H28N8O26P6S2. The van der Waals surface area contributed by atoms with Crippen molar-refractivity contribution < 1.29 is 123 Å².